The van der Waals surface area contributed by atoms with Gasteiger partial charge in [-0.1, -0.05) is 6.92 Å². The van der Waals surface area contributed by atoms with Crippen LogP contribution in [-0.2, 0) is 19.1 Å². The van der Waals surface area contributed by atoms with Crippen LogP contribution in [0, 0.1) is 0 Å². The Hall–Kier alpha value is -1.59. The zero-order chi connectivity index (χ0) is 16.8. The summed E-state index contributed by atoms with van der Waals surface area (Å²) in [5.74, 6) is -0.991. The van der Waals surface area contributed by atoms with Crippen LogP contribution in [0.2, 0.25) is 0 Å². The number of rotatable bonds is 5. The minimum absolute atomic E-state index is 0.369. The summed E-state index contributed by atoms with van der Waals surface area (Å²) in [5.41, 5.74) is -1.28. The molecule has 1 amide bonds. The molecule has 0 aliphatic heterocycles. The zero-order valence-electron chi connectivity index (χ0n) is 14.0. The largest absolute Gasteiger partial charge is 0.460 e. The molecule has 21 heavy (non-hydrogen) atoms. The van der Waals surface area contributed by atoms with Crippen molar-refractivity contribution in [2.24, 2.45) is 0 Å². The molecule has 0 saturated carbocycles. The Morgan fingerprint density at radius 3 is 1.81 bits per heavy atom. The number of ether oxygens (including phenoxy) is 2. The lowest BCUT2D eigenvalue weighted by atomic mass is 10.1. The zero-order valence-corrected chi connectivity index (χ0v) is 14.0. The van der Waals surface area contributed by atoms with Gasteiger partial charge in [-0.2, -0.15) is 0 Å². The van der Waals surface area contributed by atoms with Crippen molar-refractivity contribution in [2.75, 3.05) is 0 Å². The van der Waals surface area contributed by atoms with E-state index in [-0.39, 0.29) is 6.42 Å². The molecule has 0 bridgehead atoms. The van der Waals surface area contributed by atoms with E-state index in [0.717, 1.165) is 0 Å². The van der Waals surface area contributed by atoms with E-state index in [4.69, 9.17) is 9.47 Å². The van der Waals surface area contributed by atoms with E-state index < -0.39 is 35.1 Å². The summed E-state index contributed by atoms with van der Waals surface area (Å²) >= 11 is 0. The summed E-state index contributed by atoms with van der Waals surface area (Å²) in [6.07, 6.45) is -0.668. The molecular weight excluding hydrogens is 274 g/mol. The topological polar surface area (TPSA) is 81.7 Å². The highest BCUT2D eigenvalue weighted by atomic mass is 16.6. The maximum absolute atomic E-state index is 12.0. The molecule has 1 N–H and O–H groups in total. The Morgan fingerprint density at radius 2 is 1.43 bits per heavy atom. The second-order valence-electron chi connectivity index (χ2n) is 6.84. The highest BCUT2D eigenvalue weighted by Gasteiger charge is 2.26. The van der Waals surface area contributed by atoms with Gasteiger partial charge in [-0.25, -0.2) is 4.79 Å². The molecule has 0 rings (SSSR count). The molecule has 122 valence electrons. The summed E-state index contributed by atoms with van der Waals surface area (Å²) in [4.78, 5) is 35.3. The summed E-state index contributed by atoms with van der Waals surface area (Å²) in [6, 6.07) is -0.757. The van der Waals surface area contributed by atoms with Gasteiger partial charge in [0.05, 0.1) is 6.04 Å². The van der Waals surface area contributed by atoms with E-state index in [2.05, 4.69) is 5.32 Å². The fraction of sp³-hybridized carbons (Fsp3) is 0.800. The van der Waals surface area contributed by atoms with Crippen LogP contribution < -0.4 is 5.32 Å². The van der Waals surface area contributed by atoms with Crippen LogP contribution in [0.4, 0.5) is 4.79 Å². The van der Waals surface area contributed by atoms with Crippen LogP contribution in [0.25, 0.3) is 0 Å². The SMILES string of the molecule is CCC(NC(=O)OC(C)(C)C)C(=O)CC(=O)OC(C)(C)C. The molecule has 0 spiro atoms. The van der Waals surface area contributed by atoms with Crippen molar-refractivity contribution >= 4 is 17.8 Å². The van der Waals surface area contributed by atoms with Crippen LogP contribution in [0.5, 0.6) is 0 Å². The van der Waals surface area contributed by atoms with Gasteiger partial charge in [0.1, 0.15) is 17.6 Å². The number of nitrogens with one attached hydrogen (secondary N) is 1. The number of carbonyl (C=O) groups excluding carboxylic acids is 3. The van der Waals surface area contributed by atoms with Gasteiger partial charge in [-0.15, -0.1) is 0 Å². The van der Waals surface area contributed by atoms with Gasteiger partial charge in [0.25, 0.3) is 0 Å². The van der Waals surface area contributed by atoms with E-state index in [1.807, 2.05) is 0 Å². The number of alkyl carbamates (subject to hydrolysis) is 1. The third-order valence-electron chi connectivity index (χ3n) is 2.23. The molecular formula is C15H27NO5. The average molecular weight is 301 g/mol. The molecule has 0 fully saturated rings. The smallest absolute Gasteiger partial charge is 0.408 e. The first-order chi connectivity index (χ1) is 9.34. The second kappa shape index (κ2) is 7.43. The summed E-state index contributed by atoms with van der Waals surface area (Å²) < 4.78 is 10.2. The van der Waals surface area contributed by atoms with Gasteiger partial charge in [0.15, 0.2) is 5.78 Å². The fourth-order valence-corrected chi connectivity index (χ4v) is 1.50. The number of esters is 1. The van der Waals surface area contributed by atoms with Gasteiger partial charge in [-0.3, -0.25) is 9.59 Å². The van der Waals surface area contributed by atoms with Gasteiger partial charge >= 0.3 is 12.1 Å². The second-order valence-corrected chi connectivity index (χ2v) is 6.84. The molecule has 0 aromatic rings. The number of Topliss-reactive ketones (excluding diaryl/α,β-unsaturated/α-hetero) is 1. The van der Waals surface area contributed by atoms with Gasteiger partial charge in [0, 0.05) is 0 Å². The van der Waals surface area contributed by atoms with E-state index in [9.17, 15) is 14.4 Å². The minimum Gasteiger partial charge on any atom is -0.460 e. The monoisotopic (exact) mass is 301 g/mol. The van der Waals surface area contributed by atoms with Crippen molar-refractivity contribution in [1.82, 2.24) is 5.32 Å². The summed E-state index contributed by atoms with van der Waals surface area (Å²) in [6.45, 7) is 12.1. The van der Waals surface area contributed by atoms with Crippen LogP contribution in [0.1, 0.15) is 61.3 Å². The maximum Gasteiger partial charge on any atom is 0.408 e. The molecule has 0 radical (unpaired) electrons. The maximum atomic E-state index is 12.0. The summed E-state index contributed by atoms with van der Waals surface area (Å²) in [5, 5.41) is 2.47. The number of hydrogen-bond donors (Lipinski definition) is 1. The highest BCUT2D eigenvalue weighted by molar-refractivity contribution is 5.99. The van der Waals surface area contributed by atoms with E-state index in [1.165, 1.54) is 0 Å². The number of ketones is 1. The average Bonchev–Trinajstić information content (AvgIpc) is 2.19. The molecule has 0 aromatic heterocycles. The predicted molar refractivity (Wildman–Crippen MR) is 78.9 cm³/mol. The van der Waals surface area contributed by atoms with Crippen LogP contribution in [0.15, 0.2) is 0 Å². The predicted octanol–water partition coefficient (Wildman–Crippen LogP) is 2.59. The van der Waals surface area contributed by atoms with Crippen molar-refractivity contribution < 1.29 is 23.9 Å². The Labute approximate surface area is 126 Å². The van der Waals surface area contributed by atoms with Crippen LogP contribution in [-0.4, -0.2) is 35.1 Å². The normalized spacial score (nSPS) is 13.3. The van der Waals surface area contributed by atoms with Crippen molar-refractivity contribution in [1.29, 1.82) is 0 Å². The first kappa shape index (κ1) is 19.4. The molecule has 0 saturated heterocycles. The minimum atomic E-state index is -0.757. The third kappa shape index (κ3) is 9.87. The molecule has 0 aromatic carbocycles. The van der Waals surface area contributed by atoms with Crippen molar-refractivity contribution in [3.63, 3.8) is 0 Å². The lowest BCUT2D eigenvalue weighted by Gasteiger charge is -2.23. The van der Waals surface area contributed by atoms with Crippen LogP contribution >= 0.6 is 0 Å². The molecule has 1 unspecified atom stereocenters. The van der Waals surface area contributed by atoms with Crippen LogP contribution in [0.3, 0.4) is 0 Å². The molecule has 0 heterocycles. The quantitative estimate of drug-likeness (QED) is 0.623. The number of amides is 1. The molecule has 6 heteroatoms. The molecule has 0 aliphatic rings. The number of hydrogen-bond acceptors (Lipinski definition) is 5. The molecule has 0 aliphatic carbocycles. The van der Waals surface area contributed by atoms with E-state index in [1.54, 1.807) is 48.5 Å². The third-order valence-corrected chi connectivity index (χ3v) is 2.23. The Bertz CT molecular complexity index is 390. The van der Waals surface area contributed by atoms with Crippen molar-refractivity contribution in [3.8, 4) is 0 Å². The molecule has 6 nitrogen and oxygen atoms in total. The highest BCUT2D eigenvalue weighted by Crippen LogP contribution is 2.10. The van der Waals surface area contributed by atoms with E-state index in [0.29, 0.717) is 6.42 Å². The van der Waals surface area contributed by atoms with E-state index >= 15 is 0 Å². The lowest BCUT2D eigenvalue weighted by Crippen LogP contribution is -2.44. The summed E-state index contributed by atoms with van der Waals surface area (Å²) in [7, 11) is 0. The van der Waals surface area contributed by atoms with Crippen molar-refractivity contribution in [2.45, 2.75) is 78.6 Å². The van der Waals surface area contributed by atoms with Gasteiger partial charge in [-0.05, 0) is 48.0 Å². The van der Waals surface area contributed by atoms with Gasteiger partial charge < -0.3 is 14.8 Å². The Kier molecular flexibility index (Phi) is 6.86. The number of carbonyl (C=O) groups is 3. The Balaban J connectivity index is 4.50. The van der Waals surface area contributed by atoms with Gasteiger partial charge in [0.2, 0.25) is 0 Å². The fourth-order valence-electron chi connectivity index (χ4n) is 1.50. The lowest BCUT2D eigenvalue weighted by molar-refractivity contribution is -0.156. The first-order valence-corrected chi connectivity index (χ1v) is 7.08. The Morgan fingerprint density at radius 1 is 0.952 bits per heavy atom. The molecule has 1 atom stereocenters. The first-order valence-electron chi connectivity index (χ1n) is 7.08. The van der Waals surface area contributed by atoms with Crippen molar-refractivity contribution in [3.05, 3.63) is 0 Å². The standard InChI is InChI=1S/C15H27NO5/c1-8-10(16-13(19)21-15(5,6)7)11(17)9-12(18)20-14(2,3)4/h10H,8-9H2,1-7H3,(H,16,19).